The molecule has 9 heteroatoms. The minimum absolute atomic E-state index is 0. The minimum Gasteiger partial charge on any atom is -0.544 e. The summed E-state index contributed by atoms with van der Waals surface area (Å²) in [7, 11) is 0. The summed E-state index contributed by atoms with van der Waals surface area (Å²) in [5, 5.41) is 32.7. The van der Waals surface area contributed by atoms with Gasteiger partial charge in [-0.3, -0.25) is 4.79 Å². The van der Waals surface area contributed by atoms with Crippen LogP contribution in [0.25, 0.3) is 0 Å². The first-order chi connectivity index (χ1) is 11.7. The summed E-state index contributed by atoms with van der Waals surface area (Å²) < 4.78 is -0.403. The molecule has 0 bridgehead atoms. The van der Waals surface area contributed by atoms with Crippen molar-refractivity contribution >= 4 is 17.8 Å². The van der Waals surface area contributed by atoms with Gasteiger partial charge < -0.3 is 29.9 Å². The second-order valence-corrected chi connectivity index (χ2v) is 6.10. The number of aliphatic hydroxyl groups is 1. The number of rotatable bonds is 13. The third kappa shape index (κ3) is 9.07. The maximum absolute atomic E-state index is 11.8. The molecule has 0 heterocycles. The van der Waals surface area contributed by atoms with E-state index in [0.29, 0.717) is 0 Å². The van der Waals surface area contributed by atoms with E-state index in [0.717, 1.165) is 12.8 Å². The van der Waals surface area contributed by atoms with Gasteiger partial charge in [-0.25, -0.2) is 4.79 Å². The summed E-state index contributed by atoms with van der Waals surface area (Å²) in [5.74, 6) is -2.79. The molecule has 8 nitrogen and oxygen atoms in total. The molecule has 0 spiro atoms. The second-order valence-electron chi connectivity index (χ2n) is 6.10. The fourth-order valence-corrected chi connectivity index (χ4v) is 2.79. The normalized spacial score (nSPS) is 15.5. The Morgan fingerprint density at radius 3 is 2.23 bits per heavy atom. The van der Waals surface area contributed by atoms with Crippen molar-refractivity contribution in [2.24, 2.45) is 0 Å². The molecule has 1 amide bonds. The summed E-state index contributed by atoms with van der Waals surface area (Å²) in [6, 6.07) is -2.21. The summed E-state index contributed by atoms with van der Waals surface area (Å²) in [6.45, 7) is 4.53. The van der Waals surface area contributed by atoms with Gasteiger partial charge in [-0.15, -0.1) is 0 Å². The van der Waals surface area contributed by atoms with E-state index in [-0.39, 0.29) is 90.0 Å². The fourth-order valence-electron chi connectivity index (χ4n) is 2.79. The number of unbranched alkanes of at least 4 members (excludes halogenated alkanes) is 1. The van der Waals surface area contributed by atoms with Crippen molar-refractivity contribution in [3.8, 4) is 0 Å². The largest absolute Gasteiger partial charge is 1.00 e. The molecule has 0 aromatic carbocycles. The Balaban J connectivity index is 0. The third-order valence-electron chi connectivity index (χ3n) is 4.53. The summed E-state index contributed by atoms with van der Waals surface area (Å²) in [6.07, 6.45) is 5.77. The van der Waals surface area contributed by atoms with Crippen LogP contribution in [0.2, 0.25) is 0 Å². The van der Waals surface area contributed by atoms with Crippen molar-refractivity contribution in [3.63, 3.8) is 0 Å². The Morgan fingerprint density at radius 1 is 1.15 bits per heavy atom. The van der Waals surface area contributed by atoms with Crippen LogP contribution in [0.15, 0.2) is 12.2 Å². The van der Waals surface area contributed by atoms with E-state index in [9.17, 15) is 29.7 Å². The van der Waals surface area contributed by atoms with Gasteiger partial charge in [0.2, 0.25) is 5.91 Å². The van der Waals surface area contributed by atoms with E-state index < -0.39 is 28.5 Å². The Morgan fingerprint density at radius 2 is 1.77 bits per heavy atom. The van der Waals surface area contributed by atoms with Gasteiger partial charge in [0.1, 0.15) is 12.6 Å². The molecule has 0 aromatic rings. The fraction of sp³-hybridized carbons (Fsp3) is 0.706. The predicted octanol–water partition coefficient (Wildman–Crippen LogP) is -3.73. The SMILES string of the molecule is CCC/C=C/CC(=O)NCC[N+](CCO)(C(C)C(=O)[O-])C(C)C(=O)O.[K+]. The maximum atomic E-state index is 11.8. The molecule has 0 rings (SSSR count). The Labute approximate surface area is 197 Å². The van der Waals surface area contributed by atoms with Crippen LogP contribution in [-0.4, -0.2) is 70.9 Å². The van der Waals surface area contributed by atoms with E-state index >= 15 is 0 Å². The zero-order chi connectivity index (χ0) is 19.5. The topological polar surface area (TPSA) is 127 Å². The number of quaternary nitrogens is 1. The van der Waals surface area contributed by atoms with Gasteiger partial charge in [-0.05, 0) is 20.3 Å². The molecule has 144 valence electrons. The molecule has 0 aromatic heterocycles. The maximum Gasteiger partial charge on any atom is 1.00 e. The van der Waals surface area contributed by atoms with Gasteiger partial charge in [0, 0.05) is 6.42 Å². The van der Waals surface area contributed by atoms with Crippen LogP contribution < -0.4 is 61.8 Å². The molecule has 3 N–H and O–H groups in total. The molecular weight excluding hydrogens is 367 g/mol. The van der Waals surface area contributed by atoms with E-state index in [2.05, 4.69) is 5.32 Å². The number of allylic oxidation sites excluding steroid dienone is 1. The Bertz CT molecular complexity index is 464. The van der Waals surface area contributed by atoms with Gasteiger partial charge in [0.25, 0.3) is 0 Å². The predicted molar refractivity (Wildman–Crippen MR) is 90.3 cm³/mol. The molecule has 0 saturated carbocycles. The average molecular weight is 398 g/mol. The Hall–Kier alpha value is -0.294. The van der Waals surface area contributed by atoms with Crippen molar-refractivity contribution in [2.75, 3.05) is 26.2 Å². The standard InChI is InChI=1S/C17H30N2O6.K/c1-4-5-6-7-8-15(21)18-9-10-19(11-12-20,13(2)16(22)23)14(3)17(24)25;/h6-7,13-14,20H,4-5,8-12H2,1-3H3,(H2-,18,21,22,23,24,25);/q;+1/b7-6+;. The van der Waals surface area contributed by atoms with Gasteiger partial charge >= 0.3 is 57.4 Å². The molecule has 0 fully saturated rings. The van der Waals surface area contributed by atoms with E-state index in [4.69, 9.17) is 0 Å². The molecule has 0 aliphatic rings. The van der Waals surface area contributed by atoms with Crippen molar-refractivity contribution in [1.29, 1.82) is 0 Å². The number of carboxylic acids is 2. The van der Waals surface area contributed by atoms with Gasteiger partial charge in [0.05, 0.1) is 25.7 Å². The zero-order valence-corrected chi connectivity index (χ0v) is 19.4. The summed E-state index contributed by atoms with van der Waals surface area (Å²) in [4.78, 5) is 34.6. The van der Waals surface area contributed by atoms with E-state index in [1.165, 1.54) is 13.8 Å². The van der Waals surface area contributed by atoms with Crippen LogP contribution in [0.5, 0.6) is 0 Å². The number of carbonyl (C=O) groups excluding carboxylic acids is 2. The van der Waals surface area contributed by atoms with Gasteiger partial charge in [0.15, 0.2) is 6.04 Å². The number of nitrogens with zero attached hydrogens (tertiary/aromatic N) is 1. The Kier molecular flexibility index (Phi) is 15.8. The first-order valence-corrected chi connectivity index (χ1v) is 8.55. The van der Waals surface area contributed by atoms with Crippen LogP contribution >= 0.6 is 0 Å². The summed E-state index contributed by atoms with van der Waals surface area (Å²) >= 11 is 0. The zero-order valence-electron chi connectivity index (χ0n) is 16.2. The molecule has 3 unspecified atom stereocenters. The van der Waals surface area contributed by atoms with Crippen LogP contribution in [0.1, 0.15) is 40.0 Å². The van der Waals surface area contributed by atoms with Crippen molar-refractivity contribution < 1.29 is 85.6 Å². The smallest absolute Gasteiger partial charge is 0.544 e. The number of amides is 1. The van der Waals surface area contributed by atoms with Crippen molar-refractivity contribution in [2.45, 2.75) is 52.1 Å². The monoisotopic (exact) mass is 397 g/mol. The quantitative estimate of drug-likeness (QED) is 0.167. The van der Waals surface area contributed by atoms with Crippen LogP contribution in [-0.2, 0) is 14.4 Å². The van der Waals surface area contributed by atoms with Crippen LogP contribution in [0.4, 0.5) is 0 Å². The first-order valence-electron chi connectivity index (χ1n) is 8.55. The van der Waals surface area contributed by atoms with Crippen molar-refractivity contribution in [1.82, 2.24) is 5.32 Å². The molecule has 0 radical (unpaired) electrons. The number of hydrogen-bond donors (Lipinski definition) is 3. The van der Waals surface area contributed by atoms with Gasteiger partial charge in [-0.2, -0.15) is 0 Å². The molecule has 26 heavy (non-hydrogen) atoms. The molecule has 0 aliphatic heterocycles. The number of hydrogen-bond acceptors (Lipinski definition) is 5. The molecule has 0 saturated heterocycles. The molecular formula is C17H30KN2O6+. The number of aliphatic carboxylic acids is 2. The summed E-state index contributed by atoms with van der Waals surface area (Å²) in [5.41, 5.74) is 0. The second kappa shape index (κ2) is 14.7. The van der Waals surface area contributed by atoms with E-state index in [1.54, 1.807) is 6.08 Å². The average Bonchev–Trinajstić information content (AvgIpc) is 2.56. The van der Waals surface area contributed by atoms with E-state index in [1.807, 2.05) is 13.0 Å². The first kappa shape index (κ1) is 27.9. The molecule has 3 atom stereocenters. The number of nitrogens with one attached hydrogen (secondary N) is 1. The minimum atomic E-state index is -1.39. The van der Waals surface area contributed by atoms with Crippen LogP contribution in [0.3, 0.4) is 0 Å². The third-order valence-corrected chi connectivity index (χ3v) is 4.53. The number of aliphatic hydroxyl groups excluding tert-OH is 1. The number of carboxylic acid groups (broad SMARTS) is 2. The van der Waals surface area contributed by atoms with Crippen LogP contribution in [0, 0.1) is 0 Å². The number of carbonyl (C=O) groups is 3. The van der Waals surface area contributed by atoms with Crippen molar-refractivity contribution in [3.05, 3.63) is 12.2 Å². The molecule has 0 aliphatic carbocycles. The van der Waals surface area contributed by atoms with Gasteiger partial charge in [-0.1, -0.05) is 25.5 Å².